The Balaban J connectivity index is 3.26. The predicted molar refractivity (Wildman–Crippen MR) is 24.6 cm³/mol. The number of nitrogens with two attached hydrogens (primary N) is 1. The molecule has 1 radical (unpaired) electrons. The maximum atomic E-state index is 9.70. The Labute approximate surface area is 37.0 Å². The molecule has 0 aromatic heterocycles. The van der Waals surface area contributed by atoms with Crippen molar-refractivity contribution >= 4 is 8.03 Å². The molecule has 0 fully saturated rings. The van der Waals surface area contributed by atoms with Crippen LogP contribution < -0.4 is 5.73 Å². The monoisotopic (exact) mass is 108 g/mol. The molecule has 0 aliphatic rings. The summed E-state index contributed by atoms with van der Waals surface area (Å²) in [7, 11) is -2.53. The van der Waals surface area contributed by atoms with Crippen LogP contribution in [0.2, 0.25) is 0 Å². The van der Waals surface area contributed by atoms with Crippen LogP contribution in [0, 0.1) is 6.92 Å². The highest BCUT2D eigenvalue weighted by molar-refractivity contribution is 7.38. The summed E-state index contributed by atoms with van der Waals surface area (Å²) in [4.78, 5) is 7.99. The van der Waals surface area contributed by atoms with Crippen molar-refractivity contribution in [3.63, 3.8) is 0 Å². The first-order valence-electron chi connectivity index (χ1n) is 1.46. The zero-order valence-corrected chi connectivity index (χ0v) is 4.22. The molecule has 4 heteroatoms. The van der Waals surface area contributed by atoms with Gasteiger partial charge in [0.2, 0.25) is 8.03 Å². The number of hydrogen-bond acceptors (Lipinski definition) is 2. The molecule has 0 rings (SSSR count). The van der Waals surface area contributed by atoms with Crippen LogP contribution in [0.15, 0.2) is 0 Å². The highest BCUT2D eigenvalue weighted by atomic mass is 31.1. The van der Waals surface area contributed by atoms with Gasteiger partial charge in [0.15, 0.2) is 0 Å². The molecule has 3 nitrogen and oxygen atoms in total. The molecule has 2 atom stereocenters. The fourth-order valence-electron chi connectivity index (χ4n) is 0. The average molecular weight is 108 g/mol. The molecule has 2 unspecified atom stereocenters. The SMILES string of the molecule is [CH2]C(N)[PH](=O)O. The fourth-order valence-corrected chi connectivity index (χ4v) is 0. The standard InChI is InChI=1S/C2H7NO2P/c1-2(3)6(4)5/h2,6H,1,3H2,(H,4,5). The molecule has 0 aromatic carbocycles. The molecule has 6 heavy (non-hydrogen) atoms. The van der Waals surface area contributed by atoms with E-state index in [0.29, 0.717) is 0 Å². The van der Waals surface area contributed by atoms with Gasteiger partial charge in [0, 0.05) is 0 Å². The van der Waals surface area contributed by atoms with Crippen LogP contribution in [-0.2, 0) is 4.57 Å². The van der Waals surface area contributed by atoms with Crippen molar-refractivity contribution in [1.82, 2.24) is 0 Å². The summed E-state index contributed by atoms with van der Waals surface area (Å²) in [5.41, 5.74) is 4.81. The molecule has 0 bridgehead atoms. The van der Waals surface area contributed by atoms with Gasteiger partial charge in [-0.2, -0.15) is 0 Å². The summed E-state index contributed by atoms with van der Waals surface area (Å²) in [6.45, 7) is 3.10. The van der Waals surface area contributed by atoms with E-state index in [9.17, 15) is 4.57 Å². The van der Waals surface area contributed by atoms with Crippen molar-refractivity contribution in [2.75, 3.05) is 0 Å². The van der Waals surface area contributed by atoms with E-state index in [4.69, 9.17) is 10.6 Å². The first-order valence-corrected chi connectivity index (χ1v) is 2.89. The van der Waals surface area contributed by atoms with E-state index in [0.717, 1.165) is 0 Å². The highest BCUT2D eigenvalue weighted by Gasteiger charge is 1.95. The molecule has 3 N–H and O–H groups in total. The Morgan fingerprint density at radius 3 is 2.17 bits per heavy atom. The van der Waals surface area contributed by atoms with Gasteiger partial charge >= 0.3 is 0 Å². The zero-order valence-electron chi connectivity index (χ0n) is 3.22. The van der Waals surface area contributed by atoms with Crippen molar-refractivity contribution in [3.8, 4) is 0 Å². The molecular formula is C2H7NO2P. The van der Waals surface area contributed by atoms with Crippen LogP contribution in [0.4, 0.5) is 0 Å². The third-order valence-corrected chi connectivity index (χ3v) is 0.952. The highest BCUT2D eigenvalue weighted by Crippen LogP contribution is 2.14. The van der Waals surface area contributed by atoms with Gasteiger partial charge < -0.3 is 10.6 Å². The van der Waals surface area contributed by atoms with E-state index < -0.39 is 13.8 Å². The summed E-state index contributed by atoms with van der Waals surface area (Å²) in [5, 5.41) is 0. The van der Waals surface area contributed by atoms with Crippen LogP contribution in [0.25, 0.3) is 0 Å². The van der Waals surface area contributed by atoms with Gasteiger partial charge in [-0.1, -0.05) is 0 Å². The Morgan fingerprint density at radius 2 is 2.17 bits per heavy atom. The van der Waals surface area contributed by atoms with Gasteiger partial charge in [0.25, 0.3) is 0 Å². The normalized spacial score (nSPS) is 19.8. The third-order valence-electron chi connectivity index (χ3n) is 0.317. The van der Waals surface area contributed by atoms with Crippen molar-refractivity contribution in [3.05, 3.63) is 6.92 Å². The van der Waals surface area contributed by atoms with Gasteiger partial charge in [0.05, 0.1) is 5.78 Å². The zero-order chi connectivity index (χ0) is 5.15. The second kappa shape index (κ2) is 2.35. The smallest absolute Gasteiger partial charge is 0.205 e. The predicted octanol–water partition coefficient (Wildman–Crippen LogP) is -0.428. The molecule has 0 spiro atoms. The lowest BCUT2D eigenvalue weighted by Gasteiger charge is -1.92. The Morgan fingerprint density at radius 1 is 2.00 bits per heavy atom. The van der Waals surface area contributed by atoms with Gasteiger partial charge in [-0.25, -0.2) is 0 Å². The lowest BCUT2D eigenvalue weighted by atomic mass is 10.8. The molecule has 37 valence electrons. The molecule has 0 aromatic rings. The van der Waals surface area contributed by atoms with Crippen LogP contribution in [0.3, 0.4) is 0 Å². The summed E-state index contributed by atoms with van der Waals surface area (Å²) < 4.78 is 9.70. The Hall–Kier alpha value is 0.150. The topological polar surface area (TPSA) is 63.3 Å². The summed E-state index contributed by atoms with van der Waals surface area (Å²) in [5.74, 6) is -0.796. The second-order valence-electron chi connectivity index (χ2n) is 0.945. The van der Waals surface area contributed by atoms with Crippen LogP contribution in [0.5, 0.6) is 0 Å². The maximum absolute atomic E-state index is 9.70. The van der Waals surface area contributed by atoms with E-state index in [1.807, 2.05) is 0 Å². The molecule has 0 amide bonds. The summed E-state index contributed by atoms with van der Waals surface area (Å²) in [6, 6.07) is 0. The first-order chi connectivity index (χ1) is 2.64. The maximum Gasteiger partial charge on any atom is 0.205 e. The summed E-state index contributed by atoms with van der Waals surface area (Å²) >= 11 is 0. The second-order valence-corrected chi connectivity index (χ2v) is 2.36. The fraction of sp³-hybridized carbons (Fsp3) is 0.500. The van der Waals surface area contributed by atoms with Gasteiger partial charge in [-0.05, 0) is 6.92 Å². The van der Waals surface area contributed by atoms with E-state index in [1.165, 1.54) is 0 Å². The quantitative estimate of drug-likeness (QED) is 0.448. The van der Waals surface area contributed by atoms with E-state index in [2.05, 4.69) is 6.92 Å². The lowest BCUT2D eigenvalue weighted by Crippen LogP contribution is -2.08. The molecule has 0 saturated carbocycles. The van der Waals surface area contributed by atoms with E-state index >= 15 is 0 Å². The largest absolute Gasteiger partial charge is 0.345 e. The van der Waals surface area contributed by atoms with E-state index in [-0.39, 0.29) is 0 Å². The van der Waals surface area contributed by atoms with Crippen molar-refractivity contribution in [2.24, 2.45) is 5.73 Å². The average Bonchev–Trinajstić information content (AvgIpc) is 1.36. The van der Waals surface area contributed by atoms with Crippen molar-refractivity contribution in [1.29, 1.82) is 0 Å². The molecule has 0 heterocycles. The van der Waals surface area contributed by atoms with Gasteiger partial charge in [-0.3, -0.25) is 4.57 Å². The minimum Gasteiger partial charge on any atom is -0.345 e. The van der Waals surface area contributed by atoms with Crippen LogP contribution in [0.1, 0.15) is 0 Å². The molecule has 0 aliphatic carbocycles. The van der Waals surface area contributed by atoms with Crippen molar-refractivity contribution in [2.45, 2.75) is 5.78 Å². The Bertz CT molecular complexity index is 62.6. The van der Waals surface area contributed by atoms with Crippen LogP contribution >= 0.6 is 8.03 Å². The lowest BCUT2D eigenvalue weighted by molar-refractivity contribution is 0.496. The Kier molecular flexibility index (Phi) is 2.40. The van der Waals surface area contributed by atoms with Gasteiger partial charge in [-0.15, -0.1) is 0 Å². The van der Waals surface area contributed by atoms with Gasteiger partial charge in [0.1, 0.15) is 0 Å². The minimum absolute atomic E-state index is 0.796. The first kappa shape index (κ1) is 6.15. The molecule has 0 aliphatic heterocycles. The minimum atomic E-state index is -2.53. The molecule has 0 saturated heterocycles. The van der Waals surface area contributed by atoms with E-state index in [1.54, 1.807) is 0 Å². The van der Waals surface area contributed by atoms with Crippen molar-refractivity contribution < 1.29 is 9.46 Å². The third kappa shape index (κ3) is 2.39. The number of hydrogen-bond donors (Lipinski definition) is 2. The number of rotatable bonds is 1. The summed E-state index contributed by atoms with van der Waals surface area (Å²) in [6.07, 6.45) is 0. The molecular weight excluding hydrogens is 101 g/mol. The van der Waals surface area contributed by atoms with Crippen LogP contribution in [-0.4, -0.2) is 10.7 Å².